The Morgan fingerprint density at radius 2 is 2.27 bits per heavy atom. The predicted octanol–water partition coefficient (Wildman–Crippen LogP) is 2.32. The summed E-state index contributed by atoms with van der Waals surface area (Å²) in [6.07, 6.45) is 6.00. The molecule has 84 valence electrons. The van der Waals surface area contributed by atoms with Gasteiger partial charge in [-0.25, -0.2) is 0 Å². The summed E-state index contributed by atoms with van der Waals surface area (Å²) in [7, 11) is 0. The van der Waals surface area contributed by atoms with E-state index in [4.69, 9.17) is 0 Å². The van der Waals surface area contributed by atoms with E-state index in [1.54, 1.807) is 0 Å². The maximum absolute atomic E-state index is 11.8. The van der Waals surface area contributed by atoms with Gasteiger partial charge in [0, 0.05) is 12.3 Å². The Hall–Kier alpha value is -0.630. The van der Waals surface area contributed by atoms with Crippen LogP contribution in [0, 0.1) is 17.3 Å². The van der Waals surface area contributed by atoms with E-state index in [2.05, 4.69) is 13.5 Å². The molecule has 0 aromatic heterocycles. The molecular weight excluding hydrogens is 188 g/mol. The van der Waals surface area contributed by atoms with Crippen LogP contribution in [0.5, 0.6) is 0 Å². The molecule has 15 heavy (non-hydrogen) atoms. The van der Waals surface area contributed by atoms with Crippen molar-refractivity contribution in [1.29, 1.82) is 0 Å². The minimum atomic E-state index is -0.407. The maximum atomic E-state index is 11.8. The van der Waals surface area contributed by atoms with Gasteiger partial charge in [0.15, 0.2) is 0 Å². The largest absolute Gasteiger partial charge is 0.392 e. The minimum absolute atomic E-state index is 0.0555. The number of ketones is 1. The Bertz CT molecular complexity index is 284. The summed E-state index contributed by atoms with van der Waals surface area (Å²) in [5, 5.41) is 9.95. The summed E-state index contributed by atoms with van der Waals surface area (Å²) in [4.78, 5) is 11.8. The first kappa shape index (κ1) is 10.9. The van der Waals surface area contributed by atoms with E-state index in [9.17, 15) is 9.90 Å². The highest BCUT2D eigenvalue weighted by atomic mass is 16.3. The Morgan fingerprint density at radius 1 is 1.53 bits per heavy atom. The summed E-state index contributed by atoms with van der Waals surface area (Å²) in [6, 6.07) is 0. The quantitative estimate of drug-likeness (QED) is 0.671. The summed E-state index contributed by atoms with van der Waals surface area (Å²) in [6.45, 7) is 6.09. The van der Waals surface area contributed by atoms with Gasteiger partial charge < -0.3 is 5.11 Å². The number of hydrogen-bond acceptors (Lipinski definition) is 2. The van der Waals surface area contributed by atoms with Gasteiger partial charge in [-0.3, -0.25) is 4.79 Å². The van der Waals surface area contributed by atoms with Crippen LogP contribution in [0.4, 0.5) is 0 Å². The van der Waals surface area contributed by atoms with E-state index in [0.717, 1.165) is 25.7 Å². The lowest BCUT2D eigenvalue weighted by Crippen LogP contribution is -2.48. The van der Waals surface area contributed by atoms with Crippen molar-refractivity contribution in [3.63, 3.8) is 0 Å². The molecule has 0 saturated heterocycles. The molecule has 0 amide bonds. The van der Waals surface area contributed by atoms with Gasteiger partial charge in [0.05, 0.1) is 6.10 Å². The van der Waals surface area contributed by atoms with Crippen molar-refractivity contribution >= 4 is 5.78 Å². The van der Waals surface area contributed by atoms with E-state index < -0.39 is 6.10 Å². The van der Waals surface area contributed by atoms with Gasteiger partial charge in [-0.1, -0.05) is 13.0 Å². The molecule has 0 unspecified atom stereocenters. The van der Waals surface area contributed by atoms with Crippen molar-refractivity contribution in [3.05, 3.63) is 12.7 Å². The number of fused-ring (bicyclic) bond motifs is 1. The van der Waals surface area contributed by atoms with Crippen LogP contribution in [0.2, 0.25) is 0 Å². The number of rotatable bonds is 1. The topological polar surface area (TPSA) is 37.3 Å². The number of aliphatic hydroxyl groups excluding tert-OH is 1. The van der Waals surface area contributed by atoms with Crippen molar-refractivity contribution in [2.45, 2.75) is 45.1 Å². The van der Waals surface area contributed by atoms with Crippen LogP contribution in [-0.2, 0) is 4.79 Å². The maximum Gasteiger partial charge on any atom is 0.138 e. The van der Waals surface area contributed by atoms with Gasteiger partial charge in [0.2, 0.25) is 0 Å². The van der Waals surface area contributed by atoms with E-state index >= 15 is 0 Å². The number of aliphatic hydroxyl groups is 1. The van der Waals surface area contributed by atoms with Crippen LogP contribution >= 0.6 is 0 Å². The third-order valence-electron chi connectivity index (χ3n) is 4.45. The lowest BCUT2D eigenvalue weighted by Gasteiger charge is -2.48. The number of Topliss-reactive ketones (excluding diaryl/α,β-unsaturated/α-hetero) is 1. The van der Waals surface area contributed by atoms with Gasteiger partial charge in [0.1, 0.15) is 5.78 Å². The first-order chi connectivity index (χ1) is 7.08. The van der Waals surface area contributed by atoms with Crippen molar-refractivity contribution in [1.82, 2.24) is 0 Å². The summed E-state index contributed by atoms with van der Waals surface area (Å²) in [5.74, 6) is 0.474. The molecule has 0 aliphatic heterocycles. The van der Waals surface area contributed by atoms with E-state index in [1.165, 1.54) is 0 Å². The molecule has 1 N–H and O–H groups in total. The second kappa shape index (κ2) is 3.75. The van der Waals surface area contributed by atoms with Gasteiger partial charge in [-0.2, -0.15) is 0 Å². The number of carbonyl (C=O) groups excluding carboxylic acids is 1. The molecule has 0 aromatic rings. The zero-order valence-electron chi connectivity index (χ0n) is 9.41. The fraction of sp³-hybridized carbons (Fsp3) is 0.769. The normalized spacial score (nSPS) is 46.0. The third-order valence-corrected chi connectivity index (χ3v) is 4.45. The average molecular weight is 208 g/mol. The van der Waals surface area contributed by atoms with Crippen LogP contribution in [0.15, 0.2) is 12.7 Å². The zero-order valence-corrected chi connectivity index (χ0v) is 9.41. The first-order valence-electron chi connectivity index (χ1n) is 5.93. The molecule has 0 radical (unpaired) electrons. The van der Waals surface area contributed by atoms with Crippen LogP contribution in [0.3, 0.4) is 0 Å². The second-order valence-corrected chi connectivity index (χ2v) is 5.31. The standard InChI is InChI=1S/C13H20O2/c1-3-13(2)8-7-11(15)12-9(13)5-4-6-10(12)14/h3,9,11-12,15H,1,4-8H2,2H3/t9-,11+,12-,13+/m1/s1. The number of carbonyl (C=O) groups is 1. The molecule has 2 heteroatoms. The van der Waals surface area contributed by atoms with Crippen LogP contribution in [0.25, 0.3) is 0 Å². The molecule has 2 nitrogen and oxygen atoms in total. The molecule has 0 aromatic carbocycles. The van der Waals surface area contributed by atoms with Crippen molar-refractivity contribution in [2.75, 3.05) is 0 Å². The van der Waals surface area contributed by atoms with Crippen LogP contribution in [-0.4, -0.2) is 17.0 Å². The Balaban J connectivity index is 2.29. The second-order valence-electron chi connectivity index (χ2n) is 5.31. The van der Waals surface area contributed by atoms with Crippen molar-refractivity contribution < 1.29 is 9.90 Å². The van der Waals surface area contributed by atoms with E-state index in [-0.39, 0.29) is 17.1 Å². The van der Waals surface area contributed by atoms with Crippen molar-refractivity contribution in [3.8, 4) is 0 Å². The predicted molar refractivity (Wildman–Crippen MR) is 59.4 cm³/mol. The third kappa shape index (κ3) is 1.65. The summed E-state index contributed by atoms with van der Waals surface area (Å²) in [5.41, 5.74) is 0.0555. The first-order valence-corrected chi connectivity index (χ1v) is 5.93. The monoisotopic (exact) mass is 208 g/mol. The molecule has 4 atom stereocenters. The SMILES string of the molecule is C=C[C@@]1(C)CC[C@H](O)[C@H]2C(=O)CCC[C@H]21. The molecule has 2 saturated carbocycles. The molecule has 2 fully saturated rings. The Kier molecular flexibility index (Phi) is 2.72. The zero-order chi connectivity index (χ0) is 11.1. The van der Waals surface area contributed by atoms with Gasteiger partial charge >= 0.3 is 0 Å². The Morgan fingerprint density at radius 3 is 2.93 bits per heavy atom. The molecule has 2 aliphatic rings. The van der Waals surface area contributed by atoms with Gasteiger partial charge in [-0.15, -0.1) is 6.58 Å². The van der Waals surface area contributed by atoms with Gasteiger partial charge in [0.25, 0.3) is 0 Å². The summed E-state index contributed by atoms with van der Waals surface area (Å²) >= 11 is 0. The molecular formula is C13H20O2. The average Bonchev–Trinajstić information content (AvgIpc) is 2.24. The smallest absolute Gasteiger partial charge is 0.138 e. The molecule has 2 rings (SSSR count). The fourth-order valence-electron chi connectivity index (χ4n) is 3.37. The highest BCUT2D eigenvalue weighted by molar-refractivity contribution is 5.82. The highest BCUT2D eigenvalue weighted by Gasteiger charge is 2.48. The minimum Gasteiger partial charge on any atom is -0.392 e. The van der Waals surface area contributed by atoms with E-state index in [0.29, 0.717) is 12.3 Å². The highest BCUT2D eigenvalue weighted by Crippen LogP contribution is 2.50. The molecule has 0 spiro atoms. The van der Waals surface area contributed by atoms with Crippen LogP contribution in [0.1, 0.15) is 39.0 Å². The number of hydrogen-bond donors (Lipinski definition) is 1. The van der Waals surface area contributed by atoms with Gasteiger partial charge in [-0.05, 0) is 37.0 Å². The van der Waals surface area contributed by atoms with Crippen LogP contribution < -0.4 is 0 Å². The number of allylic oxidation sites excluding steroid dienone is 1. The Labute approximate surface area is 91.4 Å². The lowest BCUT2D eigenvalue weighted by atomic mass is 9.57. The van der Waals surface area contributed by atoms with Crippen molar-refractivity contribution in [2.24, 2.45) is 17.3 Å². The lowest BCUT2D eigenvalue weighted by molar-refractivity contribution is -0.139. The van der Waals surface area contributed by atoms with E-state index in [1.807, 2.05) is 6.08 Å². The fourth-order valence-corrected chi connectivity index (χ4v) is 3.37. The molecule has 0 heterocycles. The summed E-state index contributed by atoms with van der Waals surface area (Å²) < 4.78 is 0. The molecule has 0 bridgehead atoms. The molecule has 2 aliphatic carbocycles.